The average Bonchev–Trinajstić information content (AvgIpc) is 3.10. The largest absolute Gasteiger partial charge is 0.379 e. The van der Waals surface area contributed by atoms with Crippen molar-refractivity contribution >= 4 is 0 Å². The lowest BCUT2D eigenvalue weighted by atomic mass is 10.1. The first kappa shape index (κ1) is 16.7. The first-order valence-corrected chi connectivity index (χ1v) is 9.39. The molecule has 0 N–H and O–H groups in total. The molecule has 0 saturated carbocycles. The van der Waals surface area contributed by atoms with Crippen LogP contribution >= 0.6 is 0 Å². The molecule has 2 aliphatic rings. The summed E-state index contributed by atoms with van der Waals surface area (Å²) < 4.78 is 5.45. The summed E-state index contributed by atoms with van der Waals surface area (Å²) in [4.78, 5) is 9.64. The Bertz CT molecular complexity index is 670. The molecule has 0 spiro atoms. The molecule has 0 aliphatic carbocycles. The van der Waals surface area contributed by atoms with Crippen molar-refractivity contribution in [3.05, 3.63) is 54.2 Å². The third kappa shape index (κ3) is 4.46. The van der Waals surface area contributed by atoms with Gasteiger partial charge in [0.2, 0.25) is 0 Å². The van der Waals surface area contributed by atoms with E-state index in [1.807, 2.05) is 18.3 Å². The lowest BCUT2D eigenvalue weighted by Gasteiger charge is -2.29. The van der Waals surface area contributed by atoms with Crippen molar-refractivity contribution in [3.8, 4) is 11.3 Å². The van der Waals surface area contributed by atoms with Crippen molar-refractivity contribution in [2.45, 2.75) is 13.0 Å². The third-order valence-electron chi connectivity index (χ3n) is 5.28. The van der Waals surface area contributed by atoms with E-state index in [4.69, 9.17) is 4.74 Å². The number of likely N-dealkylation sites (tertiary alicyclic amines) is 1. The van der Waals surface area contributed by atoms with Crippen molar-refractivity contribution in [3.63, 3.8) is 0 Å². The average molecular weight is 337 g/mol. The third-order valence-corrected chi connectivity index (χ3v) is 5.28. The Hall–Kier alpha value is -1.75. The monoisotopic (exact) mass is 337 g/mol. The van der Waals surface area contributed by atoms with E-state index in [0.717, 1.165) is 44.5 Å². The van der Waals surface area contributed by atoms with Crippen molar-refractivity contribution in [2.75, 3.05) is 45.9 Å². The highest BCUT2D eigenvalue weighted by molar-refractivity contribution is 5.59. The number of aromatic nitrogens is 1. The molecule has 0 amide bonds. The molecule has 4 heteroatoms. The van der Waals surface area contributed by atoms with E-state index in [0.29, 0.717) is 0 Å². The van der Waals surface area contributed by atoms with Crippen molar-refractivity contribution < 1.29 is 4.74 Å². The summed E-state index contributed by atoms with van der Waals surface area (Å²) in [6, 6.07) is 14.9. The summed E-state index contributed by atoms with van der Waals surface area (Å²) in [7, 11) is 0. The molecule has 132 valence electrons. The Morgan fingerprint density at radius 1 is 1.00 bits per heavy atom. The molecule has 4 rings (SSSR count). The molecular formula is C21H27N3O. The molecule has 25 heavy (non-hydrogen) atoms. The predicted molar refractivity (Wildman–Crippen MR) is 100 cm³/mol. The van der Waals surface area contributed by atoms with Crippen molar-refractivity contribution in [1.29, 1.82) is 0 Å². The van der Waals surface area contributed by atoms with Crippen LogP contribution in [-0.4, -0.2) is 60.7 Å². The second kappa shape index (κ2) is 8.09. The van der Waals surface area contributed by atoms with E-state index in [2.05, 4.69) is 45.1 Å². The summed E-state index contributed by atoms with van der Waals surface area (Å²) in [5.74, 6) is 0.803. The Balaban J connectivity index is 1.33. The number of pyridine rings is 1. The standard InChI is InChI=1S/C21H27N3O/c1-2-8-22-21(6-1)20-5-3-4-18(14-20)15-24-9-7-19(17-24)16-23-10-12-25-13-11-23/h1-6,8,14,19H,7,9-13,15-17H2/t19-/m0/s1. The number of ether oxygens (including phenoxy) is 1. The van der Waals surface area contributed by atoms with Gasteiger partial charge in [-0.25, -0.2) is 0 Å². The minimum atomic E-state index is 0.803. The molecule has 0 bridgehead atoms. The number of hydrogen-bond acceptors (Lipinski definition) is 4. The lowest BCUT2D eigenvalue weighted by molar-refractivity contribution is 0.0311. The highest BCUT2D eigenvalue weighted by Crippen LogP contribution is 2.23. The van der Waals surface area contributed by atoms with E-state index < -0.39 is 0 Å². The smallest absolute Gasteiger partial charge is 0.0702 e. The number of rotatable bonds is 5. The number of hydrogen-bond donors (Lipinski definition) is 0. The van der Waals surface area contributed by atoms with Crippen LogP contribution in [0, 0.1) is 5.92 Å². The zero-order chi connectivity index (χ0) is 16.9. The fourth-order valence-corrected chi connectivity index (χ4v) is 3.98. The number of benzene rings is 1. The molecule has 0 radical (unpaired) electrons. The quantitative estimate of drug-likeness (QED) is 0.839. The highest BCUT2D eigenvalue weighted by atomic mass is 16.5. The molecule has 2 fully saturated rings. The minimum Gasteiger partial charge on any atom is -0.379 e. The summed E-state index contributed by atoms with van der Waals surface area (Å²) in [5.41, 5.74) is 3.65. The topological polar surface area (TPSA) is 28.6 Å². The zero-order valence-corrected chi connectivity index (χ0v) is 14.8. The van der Waals surface area contributed by atoms with Gasteiger partial charge >= 0.3 is 0 Å². The van der Waals surface area contributed by atoms with Gasteiger partial charge in [-0.1, -0.05) is 24.3 Å². The van der Waals surface area contributed by atoms with Crippen molar-refractivity contribution in [2.24, 2.45) is 5.92 Å². The Morgan fingerprint density at radius 2 is 1.92 bits per heavy atom. The van der Waals surface area contributed by atoms with Crippen LogP contribution in [0.15, 0.2) is 48.7 Å². The molecule has 1 aromatic heterocycles. The fraction of sp³-hybridized carbons (Fsp3) is 0.476. The van der Waals surface area contributed by atoms with Gasteiger partial charge in [0.05, 0.1) is 18.9 Å². The Labute approximate surface area is 150 Å². The van der Waals surface area contributed by atoms with Gasteiger partial charge in [0.25, 0.3) is 0 Å². The zero-order valence-electron chi connectivity index (χ0n) is 14.8. The molecule has 4 nitrogen and oxygen atoms in total. The highest BCUT2D eigenvalue weighted by Gasteiger charge is 2.25. The van der Waals surface area contributed by atoms with Crippen LogP contribution in [0.2, 0.25) is 0 Å². The van der Waals surface area contributed by atoms with Gasteiger partial charge < -0.3 is 4.74 Å². The fourth-order valence-electron chi connectivity index (χ4n) is 3.98. The van der Waals surface area contributed by atoms with Gasteiger partial charge in [-0.05, 0) is 42.6 Å². The number of nitrogens with zero attached hydrogens (tertiary/aromatic N) is 3. The van der Waals surface area contributed by atoms with Gasteiger partial charge in [0.1, 0.15) is 0 Å². The normalized spacial score (nSPS) is 22.3. The van der Waals surface area contributed by atoms with Gasteiger partial charge in [-0.3, -0.25) is 14.8 Å². The van der Waals surface area contributed by atoms with Gasteiger partial charge in [0.15, 0.2) is 0 Å². The molecule has 2 aliphatic heterocycles. The van der Waals surface area contributed by atoms with Gasteiger partial charge in [-0.15, -0.1) is 0 Å². The second-order valence-corrected chi connectivity index (χ2v) is 7.22. The van der Waals surface area contributed by atoms with Crippen molar-refractivity contribution in [1.82, 2.24) is 14.8 Å². The van der Waals surface area contributed by atoms with E-state index in [1.165, 1.54) is 37.2 Å². The van der Waals surface area contributed by atoms with Crippen LogP contribution in [0.5, 0.6) is 0 Å². The molecule has 2 saturated heterocycles. The lowest BCUT2D eigenvalue weighted by Crippen LogP contribution is -2.39. The van der Waals surface area contributed by atoms with Crippen LogP contribution in [0.1, 0.15) is 12.0 Å². The number of morpholine rings is 1. The van der Waals surface area contributed by atoms with E-state index >= 15 is 0 Å². The maximum Gasteiger partial charge on any atom is 0.0702 e. The van der Waals surface area contributed by atoms with E-state index in [-0.39, 0.29) is 0 Å². The van der Waals surface area contributed by atoms with Crippen LogP contribution in [-0.2, 0) is 11.3 Å². The predicted octanol–water partition coefficient (Wildman–Crippen LogP) is 2.90. The van der Waals surface area contributed by atoms with Crippen LogP contribution in [0.4, 0.5) is 0 Å². The molecule has 3 heterocycles. The summed E-state index contributed by atoms with van der Waals surface area (Å²) >= 11 is 0. The first-order chi connectivity index (χ1) is 12.4. The van der Waals surface area contributed by atoms with E-state index in [9.17, 15) is 0 Å². The molecule has 2 aromatic rings. The van der Waals surface area contributed by atoms with Crippen LogP contribution in [0.3, 0.4) is 0 Å². The summed E-state index contributed by atoms with van der Waals surface area (Å²) in [5, 5.41) is 0. The first-order valence-electron chi connectivity index (χ1n) is 9.39. The molecule has 0 unspecified atom stereocenters. The van der Waals surface area contributed by atoms with Crippen LogP contribution in [0.25, 0.3) is 11.3 Å². The maximum absolute atomic E-state index is 5.45. The molecular weight excluding hydrogens is 310 g/mol. The van der Waals surface area contributed by atoms with Gasteiger partial charge in [-0.2, -0.15) is 0 Å². The van der Waals surface area contributed by atoms with Crippen LogP contribution < -0.4 is 0 Å². The molecule has 1 aromatic carbocycles. The van der Waals surface area contributed by atoms with Gasteiger partial charge in [0, 0.05) is 44.5 Å². The van der Waals surface area contributed by atoms with E-state index in [1.54, 1.807) is 0 Å². The summed E-state index contributed by atoms with van der Waals surface area (Å²) in [6.45, 7) is 8.70. The summed E-state index contributed by atoms with van der Waals surface area (Å²) in [6.07, 6.45) is 3.18. The minimum absolute atomic E-state index is 0.803. The Morgan fingerprint density at radius 3 is 2.76 bits per heavy atom. The second-order valence-electron chi connectivity index (χ2n) is 7.22. The Kier molecular flexibility index (Phi) is 5.40. The maximum atomic E-state index is 5.45. The SMILES string of the molecule is c1ccc(-c2cccc(CN3CC[C@@H](CN4CCOCC4)C3)c2)nc1. The molecule has 1 atom stereocenters.